The molecule has 0 aliphatic carbocycles. The lowest BCUT2D eigenvalue weighted by Gasteiger charge is -2.32. The summed E-state index contributed by atoms with van der Waals surface area (Å²) in [5, 5.41) is 4.11. The molecule has 102 valence electrons. The number of halogens is 1. The maximum Gasteiger partial charge on any atom is 0.494 e. The lowest BCUT2D eigenvalue weighted by atomic mass is 9.78. The van der Waals surface area contributed by atoms with E-state index in [0.29, 0.717) is 0 Å². The van der Waals surface area contributed by atoms with Gasteiger partial charge in [0.2, 0.25) is 0 Å². The van der Waals surface area contributed by atoms with Gasteiger partial charge in [-0.2, -0.15) is 0 Å². The monoisotopic (exact) mass is 279 g/mol. The standard InChI is InChI=1S/C14H19BClNO2/c1-13(2)14(3,4)19-15(18-13)10-5-9-7-17-8-11(9)12(16)6-10/h5-6,17H,7-8H2,1-4H3. The Bertz CT molecular complexity index is 514. The summed E-state index contributed by atoms with van der Waals surface area (Å²) in [4.78, 5) is 0. The second-order valence-corrected chi connectivity index (χ2v) is 6.74. The van der Waals surface area contributed by atoms with Crippen molar-refractivity contribution in [2.75, 3.05) is 0 Å². The van der Waals surface area contributed by atoms with Gasteiger partial charge in [-0.25, -0.2) is 0 Å². The van der Waals surface area contributed by atoms with Gasteiger partial charge in [-0.3, -0.25) is 0 Å². The van der Waals surface area contributed by atoms with Crippen molar-refractivity contribution in [3.8, 4) is 0 Å². The Morgan fingerprint density at radius 1 is 1.11 bits per heavy atom. The highest BCUT2D eigenvalue weighted by Crippen LogP contribution is 2.37. The van der Waals surface area contributed by atoms with E-state index in [1.54, 1.807) is 0 Å². The van der Waals surface area contributed by atoms with Gasteiger partial charge >= 0.3 is 7.12 Å². The normalized spacial score (nSPS) is 23.7. The van der Waals surface area contributed by atoms with Gasteiger partial charge in [0.05, 0.1) is 11.2 Å². The van der Waals surface area contributed by atoms with Crippen LogP contribution in [0.1, 0.15) is 38.8 Å². The fraction of sp³-hybridized carbons (Fsp3) is 0.571. The quantitative estimate of drug-likeness (QED) is 0.800. The van der Waals surface area contributed by atoms with Gasteiger partial charge in [-0.15, -0.1) is 0 Å². The van der Waals surface area contributed by atoms with E-state index in [1.807, 2.05) is 6.07 Å². The van der Waals surface area contributed by atoms with Crippen LogP contribution in [0.15, 0.2) is 12.1 Å². The molecule has 0 spiro atoms. The predicted molar refractivity (Wildman–Crippen MR) is 77.7 cm³/mol. The molecule has 3 nitrogen and oxygen atoms in total. The zero-order chi connectivity index (χ0) is 13.8. The summed E-state index contributed by atoms with van der Waals surface area (Å²) in [5.74, 6) is 0. The van der Waals surface area contributed by atoms with Crippen molar-refractivity contribution in [1.82, 2.24) is 5.32 Å². The first-order valence-electron chi connectivity index (χ1n) is 6.68. The molecule has 0 amide bonds. The lowest BCUT2D eigenvalue weighted by Crippen LogP contribution is -2.41. The van der Waals surface area contributed by atoms with Gasteiger partial charge in [0, 0.05) is 18.1 Å². The highest BCUT2D eigenvalue weighted by atomic mass is 35.5. The Labute approximate surface area is 119 Å². The van der Waals surface area contributed by atoms with Gasteiger partial charge in [-0.05, 0) is 50.4 Å². The number of benzene rings is 1. The van der Waals surface area contributed by atoms with E-state index in [2.05, 4.69) is 39.1 Å². The van der Waals surface area contributed by atoms with Crippen LogP contribution in [0.5, 0.6) is 0 Å². The fourth-order valence-electron chi connectivity index (χ4n) is 2.51. The maximum absolute atomic E-state index is 6.34. The first-order valence-corrected chi connectivity index (χ1v) is 7.05. The van der Waals surface area contributed by atoms with E-state index in [-0.39, 0.29) is 18.3 Å². The van der Waals surface area contributed by atoms with Crippen molar-refractivity contribution in [1.29, 1.82) is 0 Å². The minimum atomic E-state index is -0.339. The van der Waals surface area contributed by atoms with Crippen molar-refractivity contribution in [3.05, 3.63) is 28.3 Å². The fourth-order valence-corrected chi connectivity index (χ4v) is 2.82. The molecular weight excluding hydrogens is 260 g/mol. The van der Waals surface area contributed by atoms with Crippen LogP contribution in [-0.4, -0.2) is 18.3 Å². The van der Waals surface area contributed by atoms with Crippen LogP contribution < -0.4 is 10.8 Å². The zero-order valence-corrected chi connectivity index (χ0v) is 12.6. The van der Waals surface area contributed by atoms with E-state index >= 15 is 0 Å². The molecule has 1 saturated heterocycles. The van der Waals surface area contributed by atoms with Crippen LogP contribution in [0.25, 0.3) is 0 Å². The molecule has 0 saturated carbocycles. The summed E-state index contributed by atoms with van der Waals surface area (Å²) in [6.07, 6.45) is 0. The van der Waals surface area contributed by atoms with Gasteiger partial charge in [0.25, 0.3) is 0 Å². The molecule has 1 aromatic carbocycles. The van der Waals surface area contributed by atoms with E-state index in [0.717, 1.165) is 23.6 Å². The minimum absolute atomic E-state index is 0.318. The zero-order valence-electron chi connectivity index (χ0n) is 11.8. The molecule has 1 aromatic rings. The summed E-state index contributed by atoms with van der Waals surface area (Å²) >= 11 is 6.34. The van der Waals surface area contributed by atoms with Crippen LogP contribution in [0, 0.1) is 0 Å². The number of nitrogens with one attached hydrogen (secondary N) is 1. The first-order chi connectivity index (χ1) is 8.80. The molecule has 2 aliphatic heterocycles. The molecule has 0 bridgehead atoms. The summed E-state index contributed by atoms with van der Waals surface area (Å²) in [6.45, 7) is 9.94. The molecule has 2 aliphatic rings. The number of hydrogen-bond donors (Lipinski definition) is 1. The Balaban J connectivity index is 1.95. The van der Waals surface area contributed by atoms with Gasteiger partial charge in [0.1, 0.15) is 0 Å². The largest absolute Gasteiger partial charge is 0.494 e. The lowest BCUT2D eigenvalue weighted by molar-refractivity contribution is 0.00578. The van der Waals surface area contributed by atoms with E-state index < -0.39 is 0 Å². The molecule has 0 atom stereocenters. The van der Waals surface area contributed by atoms with E-state index in [9.17, 15) is 0 Å². The number of fused-ring (bicyclic) bond motifs is 1. The second-order valence-electron chi connectivity index (χ2n) is 6.33. The average Bonchev–Trinajstić information content (AvgIpc) is 2.82. The van der Waals surface area contributed by atoms with Crippen LogP contribution in [0.3, 0.4) is 0 Å². The van der Waals surface area contributed by atoms with Crippen LogP contribution in [-0.2, 0) is 22.4 Å². The smallest absolute Gasteiger partial charge is 0.399 e. The van der Waals surface area contributed by atoms with Crippen LogP contribution in [0.2, 0.25) is 5.02 Å². The summed E-state index contributed by atoms with van der Waals surface area (Å²) in [7, 11) is -0.339. The molecule has 0 aromatic heterocycles. The topological polar surface area (TPSA) is 30.5 Å². The third-order valence-electron chi connectivity index (χ3n) is 4.45. The van der Waals surface area contributed by atoms with Gasteiger partial charge in [0.15, 0.2) is 0 Å². The minimum Gasteiger partial charge on any atom is -0.399 e. The van der Waals surface area contributed by atoms with Crippen molar-refractivity contribution < 1.29 is 9.31 Å². The molecule has 19 heavy (non-hydrogen) atoms. The average molecular weight is 280 g/mol. The van der Waals surface area contributed by atoms with E-state index in [1.165, 1.54) is 11.1 Å². The maximum atomic E-state index is 6.34. The third-order valence-corrected chi connectivity index (χ3v) is 4.79. The highest BCUT2D eigenvalue weighted by molar-refractivity contribution is 6.62. The Kier molecular flexibility index (Phi) is 2.99. The Hall–Kier alpha value is -0.545. The van der Waals surface area contributed by atoms with Gasteiger partial charge in [-0.1, -0.05) is 17.7 Å². The van der Waals surface area contributed by atoms with E-state index in [4.69, 9.17) is 20.9 Å². The highest BCUT2D eigenvalue weighted by Gasteiger charge is 2.51. The van der Waals surface area contributed by atoms with Crippen LogP contribution >= 0.6 is 11.6 Å². The Morgan fingerprint density at radius 2 is 1.74 bits per heavy atom. The molecule has 5 heteroatoms. The van der Waals surface area contributed by atoms with Crippen molar-refractivity contribution in [2.45, 2.75) is 52.0 Å². The molecule has 2 heterocycles. The summed E-state index contributed by atoms with van der Waals surface area (Å²) in [5.41, 5.74) is 2.81. The SMILES string of the molecule is CC1(C)OB(c2cc(Cl)c3c(c2)CNC3)OC1(C)C. The Morgan fingerprint density at radius 3 is 2.37 bits per heavy atom. The number of hydrogen-bond acceptors (Lipinski definition) is 3. The van der Waals surface area contributed by atoms with Crippen LogP contribution in [0.4, 0.5) is 0 Å². The molecular formula is C14H19BClNO2. The molecule has 1 N–H and O–H groups in total. The summed E-state index contributed by atoms with van der Waals surface area (Å²) in [6, 6.07) is 4.11. The predicted octanol–water partition coefficient (Wildman–Crippen LogP) is 2.24. The second kappa shape index (κ2) is 4.22. The molecule has 1 fully saturated rings. The molecule has 0 radical (unpaired) electrons. The first kappa shape index (κ1) is 13.4. The number of rotatable bonds is 1. The summed E-state index contributed by atoms with van der Waals surface area (Å²) < 4.78 is 12.1. The van der Waals surface area contributed by atoms with Crippen molar-refractivity contribution in [3.63, 3.8) is 0 Å². The van der Waals surface area contributed by atoms with Crippen molar-refractivity contribution >= 4 is 24.2 Å². The molecule has 0 unspecified atom stereocenters. The third kappa shape index (κ3) is 2.11. The van der Waals surface area contributed by atoms with Crippen molar-refractivity contribution in [2.24, 2.45) is 0 Å². The van der Waals surface area contributed by atoms with Gasteiger partial charge < -0.3 is 14.6 Å². The molecule has 3 rings (SSSR count).